The number of likely N-dealkylation sites (N-methyl/N-ethyl adjacent to an activating group) is 1. The van der Waals surface area contributed by atoms with Crippen LogP contribution in [0.25, 0.3) is 0 Å². The summed E-state index contributed by atoms with van der Waals surface area (Å²) in [6.07, 6.45) is 8.20. The molecule has 0 aliphatic heterocycles. The number of nitrogens with zero attached hydrogens (tertiary/aromatic N) is 3. The van der Waals surface area contributed by atoms with Crippen LogP contribution < -0.4 is 5.43 Å². The number of rotatable bonds is 8. The van der Waals surface area contributed by atoms with Gasteiger partial charge in [0.05, 0.1) is 6.20 Å². The van der Waals surface area contributed by atoms with Crippen LogP contribution in [-0.2, 0) is 19.5 Å². The lowest BCUT2D eigenvalue weighted by molar-refractivity contribution is 0.318. The highest BCUT2D eigenvalue weighted by atomic mass is 16.3. The lowest BCUT2D eigenvalue weighted by Gasteiger charge is -2.20. The molecule has 0 atom stereocenters. The van der Waals surface area contributed by atoms with Crippen LogP contribution in [0.5, 0.6) is 5.75 Å². The minimum absolute atomic E-state index is 0.177. The number of pyridine rings is 2. The number of aromatic nitrogens is 2. The molecule has 1 N–H and O–H groups in total. The van der Waals surface area contributed by atoms with Gasteiger partial charge in [-0.3, -0.25) is 9.78 Å². The minimum Gasteiger partial charge on any atom is -0.503 e. The topological polar surface area (TPSA) is 58.4 Å². The molecule has 0 aliphatic rings. The third-order valence-corrected chi connectivity index (χ3v) is 3.91. The van der Waals surface area contributed by atoms with Crippen molar-refractivity contribution in [2.24, 2.45) is 0 Å². The molecule has 0 amide bonds. The van der Waals surface area contributed by atoms with Gasteiger partial charge < -0.3 is 14.6 Å². The maximum absolute atomic E-state index is 11.7. The van der Waals surface area contributed by atoms with E-state index in [9.17, 15) is 9.90 Å². The van der Waals surface area contributed by atoms with E-state index in [4.69, 9.17) is 0 Å². The molecule has 0 fully saturated rings. The lowest BCUT2D eigenvalue weighted by atomic mass is 10.2. The van der Waals surface area contributed by atoms with E-state index in [-0.39, 0.29) is 11.2 Å². The second kappa shape index (κ2) is 8.48. The highest BCUT2D eigenvalue weighted by molar-refractivity contribution is 5.20. The SMILES string of the molecule is CCCCn1cc(O)c(=O)cc1CN(C)CCc1ccncc1. The van der Waals surface area contributed by atoms with Gasteiger partial charge in [-0.05, 0) is 37.6 Å². The number of hydrogen-bond acceptors (Lipinski definition) is 4. The molecule has 0 saturated heterocycles. The molecule has 2 rings (SSSR count). The molecule has 0 unspecified atom stereocenters. The number of aryl methyl sites for hydroxylation is 1. The molecule has 0 saturated carbocycles. The highest BCUT2D eigenvalue weighted by Gasteiger charge is 2.08. The van der Waals surface area contributed by atoms with Crippen molar-refractivity contribution >= 4 is 0 Å². The first kappa shape index (κ1) is 17.2. The Kier molecular flexibility index (Phi) is 6.35. The molecule has 0 aromatic carbocycles. The maximum Gasteiger partial charge on any atom is 0.223 e. The molecule has 5 heteroatoms. The standard InChI is InChI=1S/C18H25N3O2/c1-3-4-10-21-14-18(23)17(22)12-16(21)13-20(2)11-7-15-5-8-19-9-6-15/h5-6,8-9,12,14,23H,3-4,7,10-11,13H2,1-2H3. The molecule has 0 spiro atoms. The minimum atomic E-state index is -0.310. The van der Waals surface area contributed by atoms with Gasteiger partial charge in [0.1, 0.15) is 0 Å². The fourth-order valence-electron chi connectivity index (χ4n) is 2.50. The van der Waals surface area contributed by atoms with Crippen LogP contribution in [0.4, 0.5) is 0 Å². The molecule has 0 bridgehead atoms. The molecular formula is C18H25N3O2. The zero-order chi connectivity index (χ0) is 16.7. The Hall–Kier alpha value is -2.14. The van der Waals surface area contributed by atoms with Crippen molar-refractivity contribution in [2.75, 3.05) is 13.6 Å². The molecule has 2 aromatic rings. The summed E-state index contributed by atoms with van der Waals surface area (Å²) in [6, 6.07) is 5.59. The van der Waals surface area contributed by atoms with E-state index in [1.165, 1.54) is 5.56 Å². The summed E-state index contributed by atoms with van der Waals surface area (Å²) in [6.45, 7) is 4.53. The van der Waals surface area contributed by atoms with Crippen molar-refractivity contribution in [3.05, 3.63) is 58.3 Å². The first-order chi connectivity index (χ1) is 11.1. The third-order valence-electron chi connectivity index (χ3n) is 3.91. The third kappa shape index (κ3) is 5.21. The molecule has 124 valence electrons. The Bertz CT molecular complexity index is 668. The van der Waals surface area contributed by atoms with Crippen LogP contribution in [0, 0.1) is 0 Å². The molecular weight excluding hydrogens is 290 g/mol. The van der Waals surface area contributed by atoms with E-state index in [2.05, 4.69) is 16.8 Å². The highest BCUT2D eigenvalue weighted by Crippen LogP contribution is 2.10. The van der Waals surface area contributed by atoms with E-state index >= 15 is 0 Å². The van der Waals surface area contributed by atoms with Crippen molar-refractivity contribution < 1.29 is 5.11 Å². The van der Waals surface area contributed by atoms with Crippen LogP contribution in [0.15, 0.2) is 41.6 Å². The summed E-state index contributed by atoms with van der Waals surface area (Å²) in [7, 11) is 2.04. The summed E-state index contributed by atoms with van der Waals surface area (Å²) in [5.41, 5.74) is 1.88. The van der Waals surface area contributed by atoms with Crippen LogP contribution >= 0.6 is 0 Å². The first-order valence-electron chi connectivity index (χ1n) is 8.10. The van der Waals surface area contributed by atoms with E-state index in [1.54, 1.807) is 24.7 Å². The number of unbranched alkanes of at least 4 members (excludes halogenated alkanes) is 1. The van der Waals surface area contributed by atoms with E-state index < -0.39 is 0 Å². The van der Waals surface area contributed by atoms with Crippen molar-refractivity contribution in [2.45, 2.75) is 39.3 Å². The van der Waals surface area contributed by atoms with E-state index in [0.29, 0.717) is 6.54 Å². The van der Waals surface area contributed by atoms with Crippen LogP contribution in [0.1, 0.15) is 31.0 Å². The van der Waals surface area contributed by atoms with E-state index in [1.807, 2.05) is 23.7 Å². The first-order valence-corrected chi connectivity index (χ1v) is 8.10. The Labute approximate surface area is 137 Å². The van der Waals surface area contributed by atoms with Gasteiger partial charge in [-0.2, -0.15) is 0 Å². The van der Waals surface area contributed by atoms with Crippen molar-refractivity contribution in [1.82, 2.24) is 14.5 Å². The largest absolute Gasteiger partial charge is 0.503 e. The second-order valence-corrected chi connectivity index (χ2v) is 5.90. The average Bonchev–Trinajstić information content (AvgIpc) is 2.56. The average molecular weight is 315 g/mol. The van der Waals surface area contributed by atoms with Crippen molar-refractivity contribution in [3.63, 3.8) is 0 Å². The summed E-state index contributed by atoms with van der Waals surface area (Å²) in [5, 5.41) is 9.66. The predicted molar refractivity (Wildman–Crippen MR) is 91.5 cm³/mol. The van der Waals surface area contributed by atoms with Crippen molar-refractivity contribution in [3.8, 4) is 5.75 Å². The molecule has 2 aromatic heterocycles. The predicted octanol–water partition coefficient (Wildman–Crippen LogP) is 2.42. The van der Waals surface area contributed by atoms with Gasteiger partial charge in [-0.1, -0.05) is 13.3 Å². The summed E-state index contributed by atoms with van der Waals surface area (Å²) >= 11 is 0. The number of aromatic hydroxyl groups is 1. The smallest absolute Gasteiger partial charge is 0.223 e. The molecule has 0 aliphatic carbocycles. The van der Waals surface area contributed by atoms with Gasteiger partial charge in [0.2, 0.25) is 5.43 Å². The molecule has 2 heterocycles. The van der Waals surface area contributed by atoms with Crippen LogP contribution in [0.3, 0.4) is 0 Å². The number of hydrogen-bond donors (Lipinski definition) is 1. The zero-order valence-corrected chi connectivity index (χ0v) is 13.9. The zero-order valence-electron chi connectivity index (χ0n) is 13.9. The molecule has 5 nitrogen and oxygen atoms in total. The Morgan fingerprint density at radius 3 is 2.74 bits per heavy atom. The van der Waals surface area contributed by atoms with Gasteiger partial charge in [0.15, 0.2) is 5.75 Å². The fraction of sp³-hybridized carbons (Fsp3) is 0.444. The second-order valence-electron chi connectivity index (χ2n) is 5.90. The maximum atomic E-state index is 11.7. The Morgan fingerprint density at radius 2 is 2.04 bits per heavy atom. The van der Waals surface area contributed by atoms with Crippen molar-refractivity contribution in [1.29, 1.82) is 0 Å². The van der Waals surface area contributed by atoms with Crippen LogP contribution in [0.2, 0.25) is 0 Å². The lowest BCUT2D eigenvalue weighted by Crippen LogP contribution is -2.24. The summed E-state index contributed by atoms with van der Waals surface area (Å²) < 4.78 is 1.99. The fourth-order valence-corrected chi connectivity index (χ4v) is 2.50. The van der Waals surface area contributed by atoms with Crippen LogP contribution in [-0.4, -0.2) is 33.1 Å². The molecule has 0 radical (unpaired) electrons. The van der Waals surface area contributed by atoms with Gasteiger partial charge in [0.25, 0.3) is 0 Å². The van der Waals surface area contributed by atoms with Gasteiger partial charge >= 0.3 is 0 Å². The van der Waals surface area contributed by atoms with Gasteiger partial charge in [-0.25, -0.2) is 0 Å². The summed E-state index contributed by atoms with van der Waals surface area (Å²) in [4.78, 5) is 18.0. The monoisotopic (exact) mass is 315 g/mol. The summed E-state index contributed by atoms with van der Waals surface area (Å²) in [5.74, 6) is -0.177. The Balaban J connectivity index is 2.02. The Morgan fingerprint density at radius 1 is 1.30 bits per heavy atom. The quantitative estimate of drug-likeness (QED) is 0.813. The normalized spacial score (nSPS) is 11.1. The molecule has 23 heavy (non-hydrogen) atoms. The van der Waals surface area contributed by atoms with Gasteiger partial charge in [-0.15, -0.1) is 0 Å². The van der Waals surface area contributed by atoms with E-state index in [0.717, 1.165) is 38.0 Å². The van der Waals surface area contributed by atoms with Gasteiger partial charge in [0, 0.05) is 43.8 Å².